The van der Waals surface area contributed by atoms with Crippen molar-refractivity contribution in [1.29, 1.82) is 0 Å². The normalized spacial score (nSPS) is 10.2. The molecule has 0 aliphatic carbocycles. The van der Waals surface area contributed by atoms with Crippen molar-refractivity contribution >= 4 is 17.6 Å². The molecule has 1 amide bonds. The van der Waals surface area contributed by atoms with Crippen molar-refractivity contribution in [1.82, 2.24) is 10.1 Å². The number of aromatic nitrogens is 2. The van der Waals surface area contributed by atoms with Crippen molar-refractivity contribution in [3.8, 4) is 0 Å². The molecular formula is C13H13N3O4. The van der Waals surface area contributed by atoms with E-state index in [-0.39, 0.29) is 12.2 Å². The van der Waals surface area contributed by atoms with Crippen LogP contribution >= 0.6 is 0 Å². The number of hydrogen-bond donors (Lipinski definition) is 2. The summed E-state index contributed by atoms with van der Waals surface area (Å²) in [5, 5.41) is 14.8. The number of rotatable bonds is 5. The Morgan fingerprint density at radius 3 is 2.85 bits per heavy atom. The number of carbonyl (C=O) groups excluding carboxylic acids is 1. The molecule has 2 N–H and O–H groups in total. The van der Waals surface area contributed by atoms with E-state index in [1.807, 2.05) is 0 Å². The summed E-state index contributed by atoms with van der Waals surface area (Å²) in [6.45, 7) is 1.59. The molecule has 0 radical (unpaired) electrons. The van der Waals surface area contributed by atoms with Gasteiger partial charge in [0.25, 0.3) is 11.7 Å². The number of aliphatic carboxylic acids is 1. The summed E-state index contributed by atoms with van der Waals surface area (Å²) < 4.78 is 4.72. The molecule has 104 valence electrons. The molecule has 0 bridgehead atoms. The number of hydrogen-bond acceptors (Lipinski definition) is 5. The minimum atomic E-state index is -0.860. The number of nitrogens with zero attached hydrogens (tertiary/aromatic N) is 2. The molecule has 7 heteroatoms. The Hall–Kier alpha value is -2.70. The van der Waals surface area contributed by atoms with Crippen LogP contribution in [-0.4, -0.2) is 27.1 Å². The molecule has 2 aromatic rings. The van der Waals surface area contributed by atoms with E-state index in [9.17, 15) is 9.59 Å². The summed E-state index contributed by atoms with van der Waals surface area (Å²) >= 11 is 0. The Morgan fingerprint density at radius 2 is 2.20 bits per heavy atom. The van der Waals surface area contributed by atoms with Crippen LogP contribution in [0, 0.1) is 6.92 Å². The fraction of sp³-hybridized carbons (Fsp3) is 0.231. The Kier molecular flexibility index (Phi) is 4.09. The zero-order valence-electron chi connectivity index (χ0n) is 10.8. The molecule has 0 aliphatic heterocycles. The molecule has 1 aromatic carbocycles. The largest absolute Gasteiger partial charge is 0.481 e. The van der Waals surface area contributed by atoms with Crippen molar-refractivity contribution in [3.63, 3.8) is 0 Å². The molecule has 1 aromatic heterocycles. The third-order valence-corrected chi connectivity index (χ3v) is 2.54. The third kappa shape index (κ3) is 3.64. The van der Waals surface area contributed by atoms with Gasteiger partial charge in [-0.2, -0.15) is 4.98 Å². The van der Waals surface area contributed by atoms with E-state index in [0.29, 0.717) is 18.0 Å². The van der Waals surface area contributed by atoms with E-state index in [4.69, 9.17) is 9.63 Å². The first-order valence-corrected chi connectivity index (χ1v) is 5.97. The fourth-order valence-corrected chi connectivity index (χ4v) is 1.63. The second-order valence-electron chi connectivity index (χ2n) is 4.19. The van der Waals surface area contributed by atoms with Crippen LogP contribution in [0.25, 0.3) is 0 Å². The van der Waals surface area contributed by atoms with Crippen LogP contribution in [0.1, 0.15) is 28.5 Å². The van der Waals surface area contributed by atoms with Crippen LogP contribution < -0.4 is 5.32 Å². The summed E-state index contributed by atoms with van der Waals surface area (Å²) in [5.74, 6) is -1.07. The molecule has 1 heterocycles. The highest BCUT2D eigenvalue weighted by molar-refractivity contribution is 6.01. The molecular weight excluding hydrogens is 262 g/mol. The van der Waals surface area contributed by atoms with E-state index in [1.165, 1.54) is 0 Å². The number of aryl methyl sites for hydroxylation is 2. The van der Waals surface area contributed by atoms with Gasteiger partial charge in [-0.25, -0.2) is 0 Å². The Balaban J connectivity index is 2.04. The average molecular weight is 275 g/mol. The van der Waals surface area contributed by atoms with E-state index >= 15 is 0 Å². The van der Waals surface area contributed by atoms with E-state index in [1.54, 1.807) is 31.2 Å². The minimum absolute atomic E-state index is 0.0431. The lowest BCUT2D eigenvalue weighted by Crippen LogP contribution is -2.13. The van der Waals surface area contributed by atoms with Crippen LogP contribution in [0.3, 0.4) is 0 Å². The van der Waals surface area contributed by atoms with E-state index < -0.39 is 11.9 Å². The van der Waals surface area contributed by atoms with Gasteiger partial charge in [0.2, 0.25) is 5.89 Å². The third-order valence-electron chi connectivity index (χ3n) is 2.54. The minimum Gasteiger partial charge on any atom is -0.481 e. The molecule has 20 heavy (non-hydrogen) atoms. The van der Waals surface area contributed by atoms with Crippen molar-refractivity contribution in [3.05, 3.63) is 41.5 Å². The molecule has 0 fully saturated rings. The van der Waals surface area contributed by atoms with Gasteiger partial charge < -0.3 is 14.9 Å². The standard InChI is InChI=1S/C13H13N3O4/c1-8-14-12(16-20-8)13(19)15-10-4-2-3-9(7-10)5-6-11(17)18/h2-4,7H,5-6H2,1H3,(H,15,19)(H,17,18). The Morgan fingerprint density at radius 1 is 1.40 bits per heavy atom. The average Bonchev–Trinajstić information content (AvgIpc) is 2.84. The van der Waals surface area contributed by atoms with Gasteiger partial charge >= 0.3 is 5.97 Å². The lowest BCUT2D eigenvalue weighted by Gasteiger charge is -2.05. The highest BCUT2D eigenvalue weighted by Gasteiger charge is 2.13. The smallest absolute Gasteiger partial charge is 0.303 e. The van der Waals surface area contributed by atoms with Crippen LogP contribution in [0.5, 0.6) is 0 Å². The second-order valence-corrected chi connectivity index (χ2v) is 4.19. The van der Waals surface area contributed by atoms with Gasteiger partial charge in [0.15, 0.2) is 0 Å². The van der Waals surface area contributed by atoms with Gasteiger partial charge in [-0.15, -0.1) is 0 Å². The number of anilines is 1. The van der Waals surface area contributed by atoms with Crippen molar-refractivity contribution < 1.29 is 19.2 Å². The molecule has 0 spiro atoms. The van der Waals surface area contributed by atoms with Gasteiger partial charge in [0, 0.05) is 19.0 Å². The van der Waals surface area contributed by atoms with Gasteiger partial charge in [0.05, 0.1) is 0 Å². The van der Waals surface area contributed by atoms with Crippen molar-refractivity contribution in [2.45, 2.75) is 19.8 Å². The lowest BCUT2D eigenvalue weighted by atomic mass is 10.1. The van der Waals surface area contributed by atoms with Crippen LogP contribution in [0.2, 0.25) is 0 Å². The number of carbonyl (C=O) groups is 2. The Labute approximate surface area is 114 Å². The van der Waals surface area contributed by atoms with Crippen LogP contribution in [0.15, 0.2) is 28.8 Å². The number of carboxylic acid groups (broad SMARTS) is 1. The van der Waals surface area contributed by atoms with Gasteiger partial charge in [-0.1, -0.05) is 17.3 Å². The molecule has 7 nitrogen and oxygen atoms in total. The maximum absolute atomic E-state index is 11.8. The SMILES string of the molecule is Cc1nc(C(=O)Nc2cccc(CCC(=O)O)c2)no1. The monoisotopic (exact) mass is 275 g/mol. The maximum atomic E-state index is 11.8. The zero-order chi connectivity index (χ0) is 14.5. The summed E-state index contributed by atoms with van der Waals surface area (Å²) in [5.41, 5.74) is 1.38. The summed E-state index contributed by atoms with van der Waals surface area (Å²) in [6, 6.07) is 6.97. The number of amides is 1. The highest BCUT2D eigenvalue weighted by Crippen LogP contribution is 2.13. The predicted octanol–water partition coefficient (Wildman–Crippen LogP) is 1.65. The topological polar surface area (TPSA) is 105 Å². The van der Waals surface area contributed by atoms with E-state index in [2.05, 4.69) is 15.5 Å². The van der Waals surface area contributed by atoms with Crippen LogP contribution in [-0.2, 0) is 11.2 Å². The first-order valence-electron chi connectivity index (χ1n) is 5.97. The number of nitrogens with one attached hydrogen (secondary N) is 1. The number of carboxylic acids is 1. The number of benzene rings is 1. The van der Waals surface area contributed by atoms with Crippen LogP contribution in [0.4, 0.5) is 5.69 Å². The Bertz CT molecular complexity index is 636. The summed E-state index contributed by atoms with van der Waals surface area (Å²) in [4.78, 5) is 26.2. The van der Waals surface area contributed by atoms with Crippen molar-refractivity contribution in [2.75, 3.05) is 5.32 Å². The zero-order valence-corrected chi connectivity index (χ0v) is 10.8. The van der Waals surface area contributed by atoms with Crippen molar-refractivity contribution in [2.24, 2.45) is 0 Å². The van der Waals surface area contributed by atoms with Gasteiger partial charge in [-0.3, -0.25) is 9.59 Å². The maximum Gasteiger partial charge on any atom is 0.303 e. The molecule has 0 atom stereocenters. The van der Waals surface area contributed by atoms with E-state index in [0.717, 1.165) is 5.56 Å². The molecule has 0 saturated carbocycles. The summed E-state index contributed by atoms with van der Waals surface area (Å²) in [6.07, 6.45) is 0.446. The second kappa shape index (κ2) is 5.96. The van der Waals surface area contributed by atoms with Gasteiger partial charge in [-0.05, 0) is 24.1 Å². The molecule has 0 aliphatic rings. The summed E-state index contributed by atoms with van der Waals surface area (Å²) in [7, 11) is 0. The van der Waals surface area contributed by atoms with Gasteiger partial charge in [0.1, 0.15) is 0 Å². The highest BCUT2D eigenvalue weighted by atomic mass is 16.5. The molecule has 2 rings (SSSR count). The molecule has 0 saturated heterocycles. The molecule has 0 unspecified atom stereocenters. The lowest BCUT2D eigenvalue weighted by molar-refractivity contribution is -0.136. The predicted molar refractivity (Wildman–Crippen MR) is 69.4 cm³/mol. The first-order chi connectivity index (χ1) is 9.54. The first kappa shape index (κ1) is 13.7. The fourth-order valence-electron chi connectivity index (χ4n) is 1.63. The quantitative estimate of drug-likeness (QED) is 0.859.